The maximum absolute atomic E-state index is 11.7. The third kappa shape index (κ3) is 3.48. The van der Waals surface area contributed by atoms with Gasteiger partial charge in [0.15, 0.2) is 0 Å². The van der Waals surface area contributed by atoms with Crippen LogP contribution in [-0.2, 0) is 9.59 Å². The Balaban J connectivity index is 2.42. The molecule has 0 radical (unpaired) electrons. The molecule has 92 valence electrons. The highest BCUT2D eigenvalue weighted by molar-refractivity contribution is 5.80. The molecule has 1 aliphatic rings. The molecule has 0 saturated carbocycles. The van der Waals surface area contributed by atoms with E-state index in [1.165, 1.54) is 0 Å². The van der Waals surface area contributed by atoms with Crippen molar-refractivity contribution in [3.8, 4) is 0 Å². The van der Waals surface area contributed by atoms with Gasteiger partial charge in [0, 0.05) is 25.4 Å². The first-order valence-electron chi connectivity index (χ1n) is 5.72. The van der Waals surface area contributed by atoms with Gasteiger partial charge in [-0.05, 0) is 12.8 Å². The lowest BCUT2D eigenvalue weighted by Crippen LogP contribution is -2.45. The zero-order chi connectivity index (χ0) is 12.1. The number of hydrogen-bond acceptors (Lipinski definition) is 3. The van der Waals surface area contributed by atoms with E-state index in [2.05, 4.69) is 0 Å². The molecule has 1 saturated heterocycles. The van der Waals surface area contributed by atoms with E-state index in [0.717, 1.165) is 6.42 Å². The lowest BCUT2D eigenvalue weighted by atomic mass is 9.92. The number of aliphatic carboxylic acids is 1. The number of rotatable bonds is 4. The molecule has 0 spiro atoms. The fourth-order valence-electron chi connectivity index (χ4n) is 2.02. The Kier molecular flexibility index (Phi) is 4.73. The van der Waals surface area contributed by atoms with Crippen LogP contribution < -0.4 is 0 Å². The fraction of sp³-hybridized carbons (Fsp3) is 0.818. The van der Waals surface area contributed by atoms with Crippen LogP contribution in [-0.4, -0.2) is 46.2 Å². The second-order valence-electron chi connectivity index (χ2n) is 4.26. The quantitative estimate of drug-likeness (QED) is 0.734. The molecule has 1 rings (SSSR count). The molecule has 5 nitrogen and oxygen atoms in total. The minimum Gasteiger partial charge on any atom is -0.481 e. The van der Waals surface area contributed by atoms with E-state index in [9.17, 15) is 14.7 Å². The minimum atomic E-state index is -0.947. The van der Waals surface area contributed by atoms with Crippen molar-refractivity contribution in [1.29, 1.82) is 0 Å². The lowest BCUT2D eigenvalue weighted by Gasteiger charge is -2.35. The van der Waals surface area contributed by atoms with Crippen molar-refractivity contribution in [2.24, 2.45) is 5.92 Å². The van der Waals surface area contributed by atoms with Crippen LogP contribution in [0.3, 0.4) is 0 Å². The molecule has 0 unspecified atom stereocenters. The van der Waals surface area contributed by atoms with E-state index >= 15 is 0 Å². The van der Waals surface area contributed by atoms with Gasteiger partial charge in [-0.2, -0.15) is 0 Å². The average Bonchev–Trinajstić information content (AvgIpc) is 2.26. The Morgan fingerprint density at radius 1 is 1.38 bits per heavy atom. The summed E-state index contributed by atoms with van der Waals surface area (Å²) in [6, 6.07) is 0. The van der Waals surface area contributed by atoms with Crippen LogP contribution in [0.1, 0.15) is 32.6 Å². The summed E-state index contributed by atoms with van der Waals surface area (Å²) in [6.45, 7) is 3.07. The zero-order valence-electron chi connectivity index (χ0n) is 9.56. The molecular formula is C11H19NO4. The number of likely N-dealkylation sites (tertiary alicyclic amines) is 1. The Morgan fingerprint density at radius 3 is 2.62 bits per heavy atom. The Morgan fingerprint density at radius 2 is 2.06 bits per heavy atom. The van der Waals surface area contributed by atoms with Crippen molar-refractivity contribution in [3.05, 3.63) is 0 Å². The van der Waals surface area contributed by atoms with Crippen molar-refractivity contribution in [2.75, 3.05) is 13.1 Å². The van der Waals surface area contributed by atoms with E-state index in [1.54, 1.807) is 4.90 Å². The van der Waals surface area contributed by atoms with Gasteiger partial charge < -0.3 is 15.1 Å². The number of carbonyl (C=O) groups is 2. The fourth-order valence-corrected chi connectivity index (χ4v) is 2.02. The van der Waals surface area contributed by atoms with E-state index < -0.39 is 5.97 Å². The molecule has 0 aromatic rings. The van der Waals surface area contributed by atoms with Gasteiger partial charge in [-0.1, -0.05) is 6.92 Å². The maximum Gasteiger partial charge on any atom is 0.303 e. The summed E-state index contributed by atoms with van der Waals surface area (Å²) < 4.78 is 0. The Bertz CT molecular complexity index is 267. The molecule has 2 N–H and O–H groups in total. The zero-order valence-corrected chi connectivity index (χ0v) is 9.56. The number of carboxylic acids is 1. The normalized spacial score (nSPS) is 25.5. The van der Waals surface area contributed by atoms with Gasteiger partial charge in [0.05, 0.1) is 12.5 Å². The van der Waals surface area contributed by atoms with E-state index in [0.29, 0.717) is 19.5 Å². The van der Waals surface area contributed by atoms with Gasteiger partial charge in [-0.3, -0.25) is 9.59 Å². The largest absolute Gasteiger partial charge is 0.481 e. The van der Waals surface area contributed by atoms with Crippen molar-refractivity contribution in [3.63, 3.8) is 0 Å². The van der Waals surface area contributed by atoms with Crippen LogP contribution in [0.2, 0.25) is 0 Å². The summed E-state index contributed by atoms with van der Waals surface area (Å²) in [7, 11) is 0. The molecule has 1 heterocycles. The summed E-state index contributed by atoms with van der Waals surface area (Å²) in [5, 5.41) is 18.1. The van der Waals surface area contributed by atoms with Gasteiger partial charge >= 0.3 is 5.97 Å². The number of piperidine rings is 1. The summed E-state index contributed by atoms with van der Waals surface area (Å²) in [5.74, 6) is -0.937. The van der Waals surface area contributed by atoms with Gasteiger partial charge in [0.25, 0.3) is 0 Å². The summed E-state index contributed by atoms with van der Waals surface area (Å²) >= 11 is 0. The molecule has 0 bridgehead atoms. The molecule has 1 aliphatic heterocycles. The number of aliphatic hydroxyl groups excluding tert-OH is 1. The van der Waals surface area contributed by atoms with Crippen LogP contribution in [0.15, 0.2) is 0 Å². The van der Waals surface area contributed by atoms with Gasteiger partial charge in [-0.15, -0.1) is 0 Å². The van der Waals surface area contributed by atoms with E-state index in [-0.39, 0.29) is 30.8 Å². The molecule has 0 aromatic carbocycles. The third-order valence-corrected chi connectivity index (χ3v) is 3.12. The molecular weight excluding hydrogens is 210 g/mol. The first kappa shape index (κ1) is 13.0. The van der Waals surface area contributed by atoms with Crippen molar-refractivity contribution in [1.82, 2.24) is 4.90 Å². The van der Waals surface area contributed by atoms with E-state index in [1.807, 2.05) is 6.92 Å². The number of amides is 1. The van der Waals surface area contributed by atoms with Crippen molar-refractivity contribution >= 4 is 11.9 Å². The van der Waals surface area contributed by atoms with Gasteiger partial charge in [-0.25, -0.2) is 0 Å². The van der Waals surface area contributed by atoms with Crippen LogP contribution in [0, 0.1) is 5.92 Å². The minimum absolute atomic E-state index is 0.0574. The average molecular weight is 229 g/mol. The van der Waals surface area contributed by atoms with Crippen molar-refractivity contribution in [2.45, 2.75) is 38.7 Å². The monoisotopic (exact) mass is 229 g/mol. The highest BCUT2D eigenvalue weighted by Gasteiger charge is 2.28. The number of aliphatic hydroxyl groups is 1. The molecule has 1 amide bonds. The van der Waals surface area contributed by atoms with Gasteiger partial charge in [0.1, 0.15) is 0 Å². The highest BCUT2D eigenvalue weighted by Crippen LogP contribution is 2.20. The Hall–Kier alpha value is -1.10. The second-order valence-corrected chi connectivity index (χ2v) is 4.26. The SMILES string of the molecule is CC[C@H]1CN(C(=O)CCC(=O)O)CC[C@H]1O. The molecule has 0 aliphatic carbocycles. The van der Waals surface area contributed by atoms with Crippen LogP contribution in [0.5, 0.6) is 0 Å². The van der Waals surface area contributed by atoms with Crippen LogP contribution >= 0.6 is 0 Å². The topological polar surface area (TPSA) is 77.8 Å². The molecule has 1 fully saturated rings. The first-order chi connectivity index (χ1) is 7.54. The predicted molar refractivity (Wildman–Crippen MR) is 57.9 cm³/mol. The third-order valence-electron chi connectivity index (χ3n) is 3.12. The van der Waals surface area contributed by atoms with Gasteiger partial charge in [0.2, 0.25) is 5.91 Å². The molecule has 0 aromatic heterocycles. The summed E-state index contributed by atoms with van der Waals surface area (Å²) in [5.41, 5.74) is 0. The van der Waals surface area contributed by atoms with Crippen LogP contribution in [0.25, 0.3) is 0 Å². The van der Waals surface area contributed by atoms with Crippen LogP contribution in [0.4, 0.5) is 0 Å². The number of carboxylic acid groups (broad SMARTS) is 1. The van der Waals surface area contributed by atoms with Crippen molar-refractivity contribution < 1.29 is 19.8 Å². The van der Waals surface area contributed by atoms with E-state index in [4.69, 9.17) is 5.11 Å². The number of hydrogen-bond donors (Lipinski definition) is 2. The molecule has 2 atom stereocenters. The second kappa shape index (κ2) is 5.84. The summed E-state index contributed by atoms with van der Waals surface area (Å²) in [4.78, 5) is 23.7. The number of carbonyl (C=O) groups excluding carboxylic acids is 1. The molecule has 16 heavy (non-hydrogen) atoms. The standard InChI is InChI=1S/C11H19NO4/c1-2-8-7-12(6-5-9(8)13)10(14)3-4-11(15)16/h8-9,13H,2-7H2,1H3,(H,15,16)/t8-,9+/m0/s1. The maximum atomic E-state index is 11.7. The highest BCUT2D eigenvalue weighted by atomic mass is 16.4. The number of nitrogens with zero attached hydrogens (tertiary/aromatic N) is 1. The first-order valence-corrected chi connectivity index (χ1v) is 5.72. The lowest BCUT2D eigenvalue weighted by molar-refractivity contribution is -0.142. The smallest absolute Gasteiger partial charge is 0.303 e. The summed E-state index contributed by atoms with van der Waals surface area (Å²) in [6.07, 6.45) is 1.05. The molecule has 5 heteroatoms. The Labute approximate surface area is 95.1 Å². The predicted octanol–water partition coefficient (Wildman–Crippen LogP) is 0.471.